The number of nitrogens with two attached hydrogens (primary N) is 2. The van der Waals surface area contributed by atoms with Crippen LogP contribution < -0.4 is 11.5 Å². The number of ether oxygens (including phenoxy) is 1. The summed E-state index contributed by atoms with van der Waals surface area (Å²) in [7, 11) is 0. The topological polar surface area (TPSA) is 133 Å². The first-order valence-corrected chi connectivity index (χ1v) is 7.00. The van der Waals surface area contributed by atoms with Crippen molar-refractivity contribution in [2.75, 3.05) is 11.5 Å². The maximum absolute atomic E-state index is 12.3. The lowest BCUT2D eigenvalue weighted by molar-refractivity contribution is 0.0474. The standard InChI is InChI=1S/C17H16N2O5/c1-9(20)13-14(18)11(16(21)22)7-12(15(13)19)17(23)24-8-10-5-3-2-4-6-10/h2-7H,8,18-19H2,1H3,(H,21,22). The fourth-order valence-corrected chi connectivity index (χ4v) is 2.24. The normalized spacial score (nSPS) is 10.2. The van der Waals surface area contributed by atoms with Gasteiger partial charge in [-0.1, -0.05) is 30.3 Å². The van der Waals surface area contributed by atoms with Crippen LogP contribution in [0.4, 0.5) is 11.4 Å². The average Bonchev–Trinajstić information content (AvgIpc) is 2.53. The number of carboxylic acid groups (broad SMARTS) is 1. The van der Waals surface area contributed by atoms with Crippen LogP contribution in [-0.4, -0.2) is 22.8 Å². The second kappa shape index (κ2) is 6.82. The second-order valence-corrected chi connectivity index (χ2v) is 5.10. The number of esters is 1. The Balaban J connectivity index is 2.40. The Bertz CT molecular complexity index is 815. The Morgan fingerprint density at radius 3 is 2.17 bits per heavy atom. The van der Waals surface area contributed by atoms with E-state index in [1.807, 2.05) is 6.07 Å². The first kappa shape index (κ1) is 17.0. The minimum atomic E-state index is -1.37. The quantitative estimate of drug-likeness (QED) is 0.435. The monoisotopic (exact) mass is 328 g/mol. The SMILES string of the molecule is CC(=O)c1c(N)c(C(=O)O)cc(C(=O)OCc2ccccc2)c1N. The highest BCUT2D eigenvalue weighted by Gasteiger charge is 2.24. The molecule has 0 radical (unpaired) electrons. The molecule has 2 aromatic carbocycles. The van der Waals surface area contributed by atoms with Crippen molar-refractivity contribution in [2.24, 2.45) is 0 Å². The minimum absolute atomic E-state index is 0.0126. The van der Waals surface area contributed by atoms with Gasteiger partial charge in [-0.15, -0.1) is 0 Å². The van der Waals surface area contributed by atoms with Gasteiger partial charge in [0.1, 0.15) is 6.61 Å². The third-order valence-corrected chi connectivity index (χ3v) is 3.42. The number of ketones is 1. The smallest absolute Gasteiger partial charge is 0.340 e. The summed E-state index contributed by atoms with van der Waals surface area (Å²) in [4.78, 5) is 35.2. The van der Waals surface area contributed by atoms with Crippen LogP contribution in [0.5, 0.6) is 0 Å². The number of rotatable bonds is 5. The molecule has 7 nitrogen and oxygen atoms in total. The third-order valence-electron chi connectivity index (χ3n) is 3.42. The van der Waals surface area contributed by atoms with Crippen LogP contribution in [-0.2, 0) is 11.3 Å². The lowest BCUT2D eigenvalue weighted by Crippen LogP contribution is -2.17. The molecule has 7 heteroatoms. The predicted octanol–water partition coefficient (Wildman–Crippen LogP) is 2.11. The zero-order chi connectivity index (χ0) is 17.9. The summed E-state index contributed by atoms with van der Waals surface area (Å²) in [6, 6.07) is 9.95. The molecule has 0 amide bonds. The van der Waals surface area contributed by atoms with Crippen molar-refractivity contribution in [3.8, 4) is 0 Å². The number of Topliss-reactive ketones (excluding diaryl/α,β-unsaturated/α-hetero) is 1. The van der Waals surface area contributed by atoms with Crippen LogP contribution in [0.25, 0.3) is 0 Å². The maximum Gasteiger partial charge on any atom is 0.340 e. The molecule has 0 aliphatic heterocycles. The van der Waals surface area contributed by atoms with Gasteiger partial charge in [-0.3, -0.25) is 4.79 Å². The summed E-state index contributed by atoms with van der Waals surface area (Å²) in [6.07, 6.45) is 0. The van der Waals surface area contributed by atoms with Gasteiger partial charge in [-0.05, 0) is 18.6 Å². The van der Waals surface area contributed by atoms with Crippen LogP contribution in [0.1, 0.15) is 43.6 Å². The van der Waals surface area contributed by atoms with E-state index >= 15 is 0 Å². The minimum Gasteiger partial charge on any atom is -0.478 e. The van der Waals surface area contributed by atoms with Crippen LogP contribution in [0.3, 0.4) is 0 Å². The van der Waals surface area contributed by atoms with Crippen molar-refractivity contribution < 1.29 is 24.2 Å². The van der Waals surface area contributed by atoms with E-state index in [4.69, 9.17) is 16.2 Å². The van der Waals surface area contributed by atoms with Gasteiger partial charge >= 0.3 is 11.9 Å². The number of hydrogen-bond acceptors (Lipinski definition) is 6. The van der Waals surface area contributed by atoms with Gasteiger partial charge in [0, 0.05) is 0 Å². The molecule has 124 valence electrons. The number of aromatic carboxylic acids is 1. The third kappa shape index (κ3) is 3.35. The van der Waals surface area contributed by atoms with Gasteiger partial charge in [0.05, 0.1) is 28.1 Å². The molecule has 0 saturated carbocycles. The predicted molar refractivity (Wildman–Crippen MR) is 87.8 cm³/mol. The molecule has 0 aliphatic rings. The molecule has 0 heterocycles. The number of hydrogen-bond donors (Lipinski definition) is 3. The zero-order valence-electron chi connectivity index (χ0n) is 12.9. The Hall–Kier alpha value is -3.35. The highest BCUT2D eigenvalue weighted by molar-refractivity contribution is 6.13. The first-order valence-electron chi connectivity index (χ1n) is 7.00. The molecule has 0 bridgehead atoms. The highest BCUT2D eigenvalue weighted by Crippen LogP contribution is 2.29. The van der Waals surface area contributed by atoms with Gasteiger partial charge in [0.15, 0.2) is 5.78 Å². The molecular weight excluding hydrogens is 312 g/mol. The van der Waals surface area contributed by atoms with E-state index in [0.29, 0.717) is 0 Å². The Kier molecular flexibility index (Phi) is 4.84. The molecule has 0 aliphatic carbocycles. The average molecular weight is 328 g/mol. The number of carbonyl (C=O) groups is 3. The van der Waals surface area contributed by atoms with Crippen molar-refractivity contribution in [3.63, 3.8) is 0 Å². The van der Waals surface area contributed by atoms with Crippen molar-refractivity contribution in [1.29, 1.82) is 0 Å². The molecule has 5 N–H and O–H groups in total. The van der Waals surface area contributed by atoms with E-state index in [-0.39, 0.29) is 34.7 Å². The van der Waals surface area contributed by atoms with E-state index in [1.165, 1.54) is 6.92 Å². The Morgan fingerprint density at radius 1 is 1.04 bits per heavy atom. The lowest BCUT2D eigenvalue weighted by atomic mass is 9.97. The number of anilines is 2. The molecular formula is C17H16N2O5. The second-order valence-electron chi connectivity index (χ2n) is 5.10. The van der Waals surface area contributed by atoms with Crippen molar-refractivity contribution in [2.45, 2.75) is 13.5 Å². The van der Waals surface area contributed by atoms with E-state index in [0.717, 1.165) is 11.6 Å². The molecule has 2 rings (SSSR count). The fourth-order valence-electron chi connectivity index (χ4n) is 2.24. The van der Waals surface area contributed by atoms with Gasteiger partial charge in [-0.25, -0.2) is 9.59 Å². The lowest BCUT2D eigenvalue weighted by Gasteiger charge is -2.14. The molecule has 2 aromatic rings. The summed E-state index contributed by atoms with van der Waals surface area (Å²) >= 11 is 0. The van der Waals surface area contributed by atoms with Crippen molar-refractivity contribution in [1.82, 2.24) is 0 Å². The number of carbonyl (C=O) groups excluding carboxylic acids is 2. The molecule has 24 heavy (non-hydrogen) atoms. The van der Waals surface area contributed by atoms with Crippen LogP contribution in [0, 0.1) is 0 Å². The van der Waals surface area contributed by atoms with E-state index in [2.05, 4.69) is 0 Å². The highest BCUT2D eigenvalue weighted by atomic mass is 16.5. The zero-order valence-corrected chi connectivity index (χ0v) is 12.9. The maximum atomic E-state index is 12.3. The summed E-state index contributed by atoms with van der Waals surface area (Å²) in [5.41, 5.74) is 11.0. The number of carboxylic acids is 1. The molecule has 0 saturated heterocycles. The number of benzene rings is 2. The molecule has 0 aromatic heterocycles. The molecule has 0 spiro atoms. The Labute approximate surface area is 137 Å². The molecule has 0 unspecified atom stereocenters. The summed E-state index contributed by atoms with van der Waals surface area (Å²) in [5.74, 6) is -2.74. The van der Waals surface area contributed by atoms with Crippen LogP contribution >= 0.6 is 0 Å². The molecule has 0 atom stereocenters. The fraction of sp³-hybridized carbons (Fsp3) is 0.118. The van der Waals surface area contributed by atoms with E-state index < -0.39 is 17.7 Å². The van der Waals surface area contributed by atoms with Gasteiger partial charge < -0.3 is 21.3 Å². The van der Waals surface area contributed by atoms with Gasteiger partial charge in [-0.2, -0.15) is 0 Å². The van der Waals surface area contributed by atoms with Gasteiger partial charge in [0.2, 0.25) is 0 Å². The summed E-state index contributed by atoms with van der Waals surface area (Å²) < 4.78 is 5.14. The summed E-state index contributed by atoms with van der Waals surface area (Å²) in [6.45, 7) is 1.17. The van der Waals surface area contributed by atoms with Crippen LogP contribution in [0.2, 0.25) is 0 Å². The summed E-state index contributed by atoms with van der Waals surface area (Å²) in [5, 5.41) is 9.19. The van der Waals surface area contributed by atoms with Crippen molar-refractivity contribution in [3.05, 3.63) is 58.7 Å². The van der Waals surface area contributed by atoms with Crippen molar-refractivity contribution >= 4 is 29.1 Å². The van der Waals surface area contributed by atoms with Crippen LogP contribution in [0.15, 0.2) is 36.4 Å². The van der Waals surface area contributed by atoms with E-state index in [9.17, 15) is 19.5 Å². The molecule has 0 fully saturated rings. The first-order chi connectivity index (χ1) is 11.3. The van der Waals surface area contributed by atoms with Gasteiger partial charge in [0.25, 0.3) is 0 Å². The largest absolute Gasteiger partial charge is 0.478 e. The number of nitrogen functional groups attached to an aromatic ring is 2. The Morgan fingerprint density at radius 2 is 1.62 bits per heavy atom. The van der Waals surface area contributed by atoms with E-state index in [1.54, 1.807) is 24.3 Å².